The van der Waals surface area contributed by atoms with E-state index in [9.17, 15) is 22.0 Å². The normalized spacial score (nSPS) is 23.5. The van der Waals surface area contributed by atoms with Crippen LogP contribution in [0.2, 0.25) is 0 Å². The highest BCUT2D eigenvalue weighted by Gasteiger charge is 2.62. The molecule has 0 heterocycles. The molecule has 124 valence electrons. The monoisotopic (exact) mass is 320 g/mol. The minimum Gasteiger partial charge on any atom is -0.196 e. The van der Waals surface area contributed by atoms with Gasteiger partial charge in [-0.15, -0.1) is 0 Å². The van der Waals surface area contributed by atoms with Crippen molar-refractivity contribution >= 4 is 0 Å². The number of hydrogen-bond acceptors (Lipinski definition) is 0. The second-order valence-electron chi connectivity index (χ2n) is 6.16. The van der Waals surface area contributed by atoms with Gasteiger partial charge in [0.25, 0.3) is 0 Å². The summed E-state index contributed by atoms with van der Waals surface area (Å²) in [6.07, 6.45) is -2.76. The third-order valence-electron chi connectivity index (χ3n) is 4.61. The molecule has 0 spiro atoms. The standard InChI is InChI=1S/C17H21F5/c1-2-3-12-4-6-13(7-5-12)14-8-10-15(11-9-14)16(18,19)17(20,21)22/h4-7,14-15H,2-3,8-11H2,1H3. The Labute approximate surface area is 127 Å². The van der Waals surface area contributed by atoms with Crippen molar-refractivity contribution in [2.24, 2.45) is 5.92 Å². The number of hydrogen-bond donors (Lipinski definition) is 0. The largest absolute Gasteiger partial charge is 0.453 e. The van der Waals surface area contributed by atoms with E-state index in [0.29, 0.717) is 12.8 Å². The molecule has 0 N–H and O–H groups in total. The molecule has 0 radical (unpaired) electrons. The van der Waals surface area contributed by atoms with Gasteiger partial charge in [0.05, 0.1) is 0 Å². The minimum absolute atomic E-state index is 0.0755. The minimum atomic E-state index is -5.44. The van der Waals surface area contributed by atoms with Crippen LogP contribution in [0.3, 0.4) is 0 Å². The average Bonchev–Trinajstić information content (AvgIpc) is 2.47. The zero-order valence-electron chi connectivity index (χ0n) is 12.6. The Balaban J connectivity index is 1.97. The average molecular weight is 320 g/mol. The van der Waals surface area contributed by atoms with E-state index < -0.39 is 18.0 Å². The van der Waals surface area contributed by atoms with Crippen LogP contribution in [0.25, 0.3) is 0 Å². The molecule has 0 amide bonds. The van der Waals surface area contributed by atoms with E-state index in [-0.39, 0.29) is 18.8 Å². The van der Waals surface area contributed by atoms with Crippen LogP contribution in [0.5, 0.6) is 0 Å². The fraction of sp³-hybridized carbons (Fsp3) is 0.647. The van der Waals surface area contributed by atoms with E-state index in [1.54, 1.807) is 0 Å². The summed E-state index contributed by atoms with van der Waals surface area (Å²) in [5.74, 6) is -6.05. The van der Waals surface area contributed by atoms with Gasteiger partial charge in [0.15, 0.2) is 0 Å². The molecular weight excluding hydrogens is 299 g/mol. The molecule has 0 bridgehead atoms. The number of alkyl halides is 5. The van der Waals surface area contributed by atoms with Crippen LogP contribution in [-0.2, 0) is 6.42 Å². The Morgan fingerprint density at radius 1 is 0.909 bits per heavy atom. The van der Waals surface area contributed by atoms with E-state index in [1.165, 1.54) is 5.56 Å². The molecule has 0 aliphatic heterocycles. The summed E-state index contributed by atoms with van der Waals surface area (Å²) >= 11 is 0. The second kappa shape index (κ2) is 6.55. The van der Waals surface area contributed by atoms with Crippen LogP contribution in [0.1, 0.15) is 56.1 Å². The first-order chi connectivity index (χ1) is 10.3. The van der Waals surface area contributed by atoms with Crippen LogP contribution in [0, 0.1) is 5.92 Å². The van der Waals surface area contributed by atoms with Gasteiger partial charge in [0.1, 0.15) is 0 Å². The highest BCUT2D eigenvalue weighted by atomic mass is 19.4. The molecule has 5 heteroatoms. The van der Waals surface area contributed by atoms with Gasteiger partial charge in [0.2, 0.25) is 0 Å². The Bertz CT molecular complexity index is 467. The van der Waals surface area contributed by atoms with Gasteiger partial charge in [0, 0.05) is 5.92 Å². The van der Waals surface area contributed by atoms with E-state index >= 15 is 0 Å². The summed E-state index contributed by atoms with van der Waals surface area (Å²) in [4.78, 5) is 0. The highest BCUT2D eigenvalue weighted by molar-refractivity contribution is 5.26. The predicted molar refractivity (Wildman–Crippen MR) is 76.1 cm³/mol. The van der Waals surface area contributed by atoms with Gasteiger partial charge >= 0.3 is 12.1 Å². The molecule has 1 aromatic carbocycles. The van der Waals surface area contributed by atoms with E-state index in [2.05, 4.69) is 6.92 Å². The third-order valence-corrected chi connectivity index (χ3v) is 4.61. The molecule has 0 unspecified atom stereocenters. The Hall–Kier alpha value is -1.13. The fourth-order valence-electron chi connectivity index (χ4n) is 3.27. The van der Waals surface area contributed by atoms with Gasteiger partial charge in [-0.25, -0.2) is 0 Å². The first-order valence-electron chi connectivity index (χ1n) is 7.79. The van der Waals surface area contributed by atoms with E-state index in [4.69, 9.17) is 0 Å². The number of rotatable bonds is 4. The van der Waals surface area contributed by atoms with Gasteiger partial charge in [-0.1, -0.05) is 37.6 Å². The molecular formula is C17H21F5. The first kappa shape index (κ1) is 17.2. The van der Waals surface area contributed by atoms with Gasteiger partial charge in [-0.2, -0.15) is 22.0 Å². The Morgan fingerprint density at radius 2 is 1.45 bits per heavy atom. The molecule has 0 aromatic heterocycles. The summed E-state index contributed by atoms with van der Waals surface area (Å²) < 4.78 is 63.9. The fourth-order valence-corrected chi connectivity index (χ4v) is 3.27. The van der Waals surface area contributed by atoms with Crippen molar-refractivity contribution in [3.63, 3.8) is 0 Å². The predicted octanol–water partition coefficient (Wildman–Crippen LogP) is 6.11. The first-order valence-corrected chi connectivity index (χ1v) is 7.79. The van der Waals surface area contributed by atoms with Crippen LogP contribution < -0.4 is 0 Å². The summed E-state index contributed by atoms with van der Waals surface area (Å²) in [7, 11) is 0. The second-order valence-corrected chi connectivity index (χ2v) is 6.16. The molecule has 22 heavy (non-hydrogen) atoms. The maximum Gasteiger partial charge on any atom is 0.453 e. The van der Waals surface area contributed by atoms with Gasteiger partial charge < -0.3 is 0 Å². The number of benzene rings is 1. The van der Waals surface area contributed by atoms with Crippen molar-refractivity contribution < 1.29 is 22.0 Å². The molecule has 0 nitrogen and oxygen atoms in total. The summed E-state index contributed by atoms with van der Waals surface area (Å²) in [5.41, 5.74) is 2.28. The highest BCUT2D eigenvalue weighted by Crippen LogP contribution is 2.49. The van der Waals surface area contributed by atoms with Crippen molar-refractivity contribution in [2.45, 2.75) is 63.5 Å². The molecule has 1 fully saturated rings. The summed E-state index contributed by atoms with van der Waals surface area (Å²) in [6, 6.07) is 8.01. The lowest BCUT2D eigenvalue weighted by molar-refractivity contribution is -0.305. The maximum absolute atomic E-state index is 13.4. The Morgan fingerprint density at radius 3 is 1.91 bits per heavy atom. The molecule has 1 aliphatic carbocycles. The van der Waals surface area contributed by atoms with Crippen LogP contribution in [0.4, 0.5) is 22.0 Å². The third kappa shape index (κ3) is 3.61. The lowest BCUT2D eigenvalue weighted by atomic mass is 9.76. The zero-order valence-corrected chi connectivity index (χ0v) is 12.6. The molecule has 0 atom stereocenters. The summed E-state index contributed by atoms with van der Waals surface area (Å²) in [6.45, 7) is 2.09. The topological polar surface area (TPSA) is 0 Å². The van der Waals surface area contributed by atoms with Crippen LogP contribution >= 0.6 is 0 Å². The maximum atomic E-state index is 13.4. The van der Waals surface area contributed by atoms with Gasteiger partial charge in [-0.3, -0.25) is 0 Å². The summed E-state index contributed by atoms with van der Waals surface area (Å²) in [5, 5.41) is 0. The SMILES string of the molecule is CCCc1ccc(C2CCC(C(F)(F)C(F)(F)F)CC2)cc1. The quantitative estimate of drug-likeness (QED) is 0.587. The lowest BCUT2D eigenvalue weighted by Crippen LogP contribution is -2.44. The van der Waals surface area contributed by atoms with Crippen molar-refractivity contribution in [3.8, 4) is 0 Å². The van der Waals surface area contributed by atoms with Crippen molar-refractivity contribution in [1.82, 2.24) is 0 Å². The molecule has 1 aliphatic rings. The van der Waals surface area contributed by atoms with Crippen LogP contribution in [0.15, 0.2) is 24.3 Å². The van der Waals surface area contributed by atoms with E-state index in [0.717, 1.165) is 18.4 Å². The van der Waals surface area contributed by atoms with Crippen molar-refractivity contribution in [3.05, 3.63) is 35.4 Å². The molecule has 2 rings (SSSR count). The number of aryl methyl sites for hydroxylation is 1. The number of halogens is 5. The Kier molecular flexibility index (Phi) is 5.13. The zero-order chi connectivity index (χ0) is 16.4. The van der Waals surface area contributed by atoms with E-state index in [1.807, 2.05) is 24.3 Å². The van der Waals surface area contributed by atoms with Gasteiger partial charge in [-0.05, 0) is 49.1 Å². The van der Waals surface area contributed by atoms with Crippen LogP contribution in [-0.4, -0.2) is 12.1 Å². The molecule has 0 saturated heterocycles. The lowest BCUT2D eigenvalue weighted by Gasteiger charge is -2.34. The molecule has 1 aromatic rings. The van der Waals surface area contributed by atoms with Crippen molar-refractivity contribution in [2.75, 3.05) is 0 Å². The smallest absolute Gasteiger partial charge is 0.196 e. The van der Waals surface area contributed by atoms with Crippen molar-refractivity contribution in [1.29, 1.82) is 0 Å². The molecule has 1 saturated carbocycles.